The molecule has 0 aliphatic heterocycles. The first kappa shape index (κ1) is 18.7. The smallest absolute Gasteiger partial charge is 0.312 e. The molecule has 132 valence electrons. The summed E-state index contributed by atoms with van der Waals surface area (Å²) < 4.78 is 5.28. The molecular weight excluding hydrogens is 344 g/mol. The minimum Gasteiger partial charge on any atom is -0.477 e. The Hall–Kier alpha value is -2.60. The molecule has 1 atom stereocenters. The average molecular weight is 363 g/mol. The highest BCUT2D eigenvalue weighted by atomic mass is 35.5. The monoisotopic (exact) mass is 362 g/mol. The number of benzene rings is 2. The average Bonchev–Trinajstić information content (AvgIpc) is 2.60. The SMILES string of the molecule is CCc1ccc([C@H](C)NC(=O)COc2ccc(Cl)cc2[N+](=O)[O-])cc1. The van der Waals surface area contributed by atoms with Crippen LogP contribution in [0.15, 0.2) is 42.5 Å². The Morgan fingerprint density at radius 2 is 1.96 bits per heavy atom. The van der Waals surface area contributed by atoms with Crippen molar-refractivity contribution in [2.45, 2.75) is 26.3 Å². The topological polar surface area (TPSA) is 81.5 Å². The molecule has 2 rings (SSSR count). The van der Waals surface area contributed by atoms with Crippen molar-refractivity contribution in [3.63, 3.8) is 0 Å². The number of nitro groups is 1. The Balaban J connectivity index is 1.95. The van der Waals surface area contributed by atoms with Gasteiger partial charge in [-0.25, -0.2) is 0 Å². The van der Waals surface area contributed by atoms with Gasteiger partial charge in [0.25, 0.3) is 5.91 Å². The quantitative estimate of drug-likeness (QED) is 0.594. The van der Waals surface area contributed by atoms with E-state index >= 15 is 0 Å². The van der Waals surface area contributed by atoms with Crippen LogP contribution < -0.4 is 10.1 Å². The van der Waals surface area contributed by atoms with Crippen LogP contribution in [-0.4, -0.2) is 17.4 Å². The van der Waals surface area contributed by atoms with E-state index in [1.165, 1.54) is 23.8 Å². The number of nitrogens with one attached hydrogen (secondary N) is 1. The van der Waals surface area contributed by atoms with Gasteiger partial charge < -0.3 is 10.1 Å². The van der Waals surface area contributed by atoms with Gasteiger partial charge >= 0.3 is 5.69 Å². The third kappa shape index (κ3) is 5.19. The van der Waals surface area contributed by atoms with E-state index in [9.17, 15) is 14.9 Å². The largest absolute Gasteiger partial charge is 0.477 e. The van der Waals surface area contributed by atoms with Crippen LogP contribution in [0.2, 0.25) is 5.02 Å². The summed E-state index contributed by atoms with van der Waals surface area (Å²) in [6.45, 7) is 3.62. The maximum absolute atomic E-state index is 12.0. The van der Waals surface area contributed by atoms with Crippen molar-refractivity contribution in [1.82, 2.24) is 5.32 Å². The van der Waals surface area contributed by atoms with Crippen LogP contribution in [0, 0.1) is 10.1 Å². The Morgan fingerprint density at radius 3 is 2.56 bits per heavy atom. The van der Waals surface area contributed by atoms with Gasteiger partial charge in [0.2, 0.25) is 0 Å². The third-order valence-electron chi connectivity index (χ3n) is 3.74. The van der Waals surface area contributed by atoms with E-state index < -0.39 is 4.92 Å². The van der Waals surface area contributed by atoms with Crippen molar-refractivity contribution in [2.24, 2.45) is 0 Å². The van der Waals surface area contributed by atoms with Gasteiger partial charge in [-0.2, -0.15) is 0 Å². The summed E-state index contributed by atoms with van der Waals surface area (Å²) in [6.07, 6.45) is 0.953. The third-order valence-corrected chi connectivity index (χ3v) is 3.98. The van der Waals surface area contributed by atoms with Crippen molar-refractivity contribution in [3.05, 3.63) is 68.7 Å². The number of ether oxygens (including phenoxy) is 1. The Kier molecular flexibility index (Phi) is 6.36. The van der Waals surface area contributed by atoms with Crippen LogP contribution in [0.3, 0.4) is 0 Å². The van der Waals surface area contributed by atoms with Crippen LogP contribution in [-0.2, 0) is 11.2 Å². The van der Waals surface area contributed by atoms with Crippen LogP contribution >= 0.6 is 11.6 Å². The van der Waals surface area contributed by atoms with E-state index in [1.807, 2.05) is 31.2 Å². The molecule has 6 nitrogen and oxygen atoms in total. The molecule has 0 aromatic heterocycles. The highest BCUT2D eigenvalue weighted by Crippen LogP contribution is 2.29. The molecule has 1 N–H and O–H groups in total. The summed E-state index contributed by atoms with van der Waals surface area (Å²) in [4.78, 5) is 22.4. The highest BCUT2D eigenvalue weighted by molar-refractivity contribution is 6.30. The number of halogens is 1. The number of amides is 1. The predicted octanol–water partition coefficient (Wildman–Crippen LogP) is 4.07. The summed E-state index contributed by atoms with van der Waals surface area (Å²) in [5.41, 5.74) is 1.92. The molecule has 0 fully saturated rings. The molecule has 0 aliphatic rings. The lowest BCUT2D eigenvalue weighted by molar-refractivity contribution is -0.385. The van der Waals surface area contributed by atoms with Gasteiger partial charge in [-0.15, -0.1) is 0 Å². The number of hydrogen-bond acceptors (Lipinski definition) is 4. The zero-order valence-electron chi connectivity index (χ0n) is 14.0. The molecule has 7 heteroatoms. The van der Waals surface area contributed by atoms with Gasteiger partial charge in [0, 0.05) is 11.1 Å². The van der Waals surface area contributed by atoms with Crippen LogP contribution in [0.4, 0.5) is 5.69 Å². The van der Waals surface area contributed by atoms with Crippen molar-refractivity contribution >= 4 is 23.2 Å². The number of carbonyl (C=O) groups excluding carboxylic acids is 1. The molecule has 0 saturated heterocycles. The molecule has 0 aliphatic carbocycles. The predicted molar refractivity (Wildman–Crippen MR) is 96.0 cm³/mol. The van der Waals surface area contributed by atoms with Gasteiger partial charge in [0.1, 0.15) is 0 Å². The van der Waals surface area contributed by atoms with Gasteiger partial charge in [-0.3, -0.25) is 14.9 Å². The van der Waals surface area contributed by atoms with Gasteiger partial charge in [-0.05, 0) is 36.6 Å². The molecule has 0 spiro atoms. The summed E-state index contributed by atoms with van der Waals surface area (Å²) in [7, 11) is 0. The van der Waals surface area contributed by atoms with Gasteiger partial charge in [0.05, 0.1) is 11.0 Å². The standard InChI is InChI=1S/C18H19ClN2O4/c1-3-13-4-6-14(7-5-13)12(2)20-18(22)11-25-17-9-8-15(19)10-16(17)21(23)24/h4-10,12H,3,11H2,1-2H3,(H,20,22)/t12-/m0/s1. The van der Waals surface area contributed by atoms with Crippen molar-refractivity contribution < 1.29 is 14.5 Å². The Bertz CT molecular complexity index is 762. The van der Waals surface area contributed by atoms with Crippen molar-refractivity contribution in [1.29, 1.82) is 0 Å². The first-order valence-corrected chi connectivity index (χ1v) is 8.23. The van der Waals surface area contributed by atoms with Crippen LogP contribution in [0.1, 0.15) is 31.0 Å². The lowest BCUT2D eigenvalue weighted by Gasteiger charge is -2.15. The molecule has 0 bridgehead atoms. The van der Waals surface area contributed by atoms with E-state index in [-0.39, 0.29) is 35.0 Å². The highest BCUT2D eigenvalue weighted by Gasteiger charge is 2.17. The van der Waals surface area contributed by atoms with Gasteiger partial charge in [0.15, 0.2) is 12.4 Å². The van der Waals surface area contributed by atoms with E-state index in [1.54, 1.807) is 0 Å². The first-order valence-electron chi connectivity index (χ1n) is 7.85. The second-order valence-corrected chi connectivity index (χ2v) is 5.98. The van der Waals surface area contributed by atoms with Gasteiger partial charge in [-0.1, -0.05) is 42.8 Å². The molecular formula is C18H19ClN2O4. The number of nitro benzene ring substituents is 1. The molecule has 1 amide bonds. The van der Waals surface area contributed by atoms with E-state index in [4.69, 9.17) is 16.3 Å². The number of rotatable bonds is 7. The molecule has 0 radical (unpaired) electrons. The zero-order valence-corrected chi connectivity index (χ0v) is 14.7. The second kappa shape index (κ2) is 8.48. The van der Waals surface area contributed by atoms with E-state index in [2.05, 4.69) is 12.2 Å². The molecule has 25 heavy (non-hydrogen) atoms. The van der Waals surface area contributed by atoms with Crippen molar-refractivity contribution in [3.8, 4) is 5.75 Å². The first-order chi connectivity index (χ1) is 11.9. The molecule has 0 saturated carbocycles. The van der Waals surface area contributed by atoms with Crippen LogP contribution in [0.25, 0.3) is 0 Å². The Morgan fingerprint density at radius 1 is 1.28 bits per heavy atom. The summed E-state index contributed by atoms with van der Waals surface area (Å²) >= 11 is 5.74. The number of aryl methyl sites for hydroxylation is 1. The Labute approximate surface area is 150 Å². The van der Waals surface area contributed by atoms with E-state index in [0.29, 0.717) is 0 Å². The second-order valence-electron chi connectivity index (χ2n) is 5.54. The summed E-state index contributed by atoms with van der Waals surface area (Å²) in [5, 5.41) is 14.0. The zero-order chi connectivity index (χ0) is 18.4. The summed E-state index contributed by atoms with van der Waals surface area (Å²) in [6, 6.07) is 11.8. The molecule has 2 aromatic rings. The van der Waals surface area contributed by atoms with Crippen molar-refractivity contribution in [2.75, 3.05) is 6.61 Å². The lowest BCUT2D eigenvalue weighted by Crippen LogP contribution is -2.31. The number of carbonyl (C=O) groups is 1. The number of nitrogens with zero attached hydrogens (tertiary/aromatic N) is 1. The number of hydrogen-bond donors (Lipinski definition) is 1. The minimum absolute atomic E-state index is 0.00417. The molecule has 0 heterocycles. The summed E-state index contributed by atoms with van der Waals surface area (Å²) in [5.74, 6) is -0.360. The van der Waals surface area contributed by atoms with E-state index in [0.717, 1.165) is 12.0 Å². The fourth-order valence-electron chi connectivity index (χ4n) is 2.31. The molecule has 0 unspecified atom stereocenters. The maximum Gasteiger partial charge on any atom is 0.312 e. The fourth-order valence-corrected chi connectivity index (χ4v) is 2.47. The van der Waals surface area contributed by atoms with Crippen LogP contribution in [0.5, 0.6) is 5.75 Å². The normalized spacial score (nSPS) is 11.6. The minimum atomic E-state index is -0.600. The fraction of sp³-hybridized carbons (Fsp3) is 0.278. The lowest BCUT2D eigenvalue weighted by atomic mass is 10.1. The molecule has 2 aromatic carbocycles. The maximum atomic E-state index is 12.0.